The lowest BCUT2D eigenvalue weighted by Crippen LogP contribution is -2.53. The third kappa shape index (κ3) is 5.12. The van der Waals surface area contributed by atoms with Crippen LogP contribution in [0, 0.1) is 0 Å². The van der Waals surface area contributed by atoms with Crippen LogP contribution >= 0.6 is 0 Å². The summed E-state index contributed by atoms with van der Waals surface area (Å²) in [7, 11) is 0. The van der Waals surface area contributed by atoms with Crippen LogP contribution in [0.25, 0.3) is 0 Å². The van der Waals surface area contributed by atoms with Gasteiger partial charge in [-0.15, -0.1) is 0 Å². The molecule has 1 aliphatic heterocycles. The van der Waals surface area contributed by atoms with Crippen LogP contribution in [0.4, 0.5) is 18.0 Å². The number of carbonyl (C=O) groups is 3. The zero-order valence-corrected chi connectivity index (χ0v) is 11.4. The maximum Gasteiger partial charge on any atom is 0.471 e. The van der Waals surface area contributed by atoms with Crippen molar-refractivity contribution in [1.82, 2.24) is 15.1 Å². The first kappa shape index (κ1) is 17.1. The van der Waals surface area contributed by atoms with E-state index in [2.05, 4.69) is 0 Å². The van der Waals surface area contributed by atoms with Gasteiger partial charge >= 0.3 is 18.2 Å². The minimum atomic E-state index is -5.01. The highest BCUT2D eigenvalue weighted by Gasteiger charge is 2.39. The lowest BCUT2D eigenvalue weighted by atomic mass is 10.3. The second-order valence-electron chi connectivity index (χ2n) is 4.25. The van der Waals surface area contributed by atoms with Crippen molar-refractivity contribution in [2.24, 2.45) is 0 Å². The highest BCUT2D eigenvalue weighted by molar-refractivity contribution is 5.87. The zero-order valence-electron chi connectivity index (χ0n) is 11.4. The van der Waals surface area contributed by atoms with Crippen molar-refractivity contribution in [1.29, 1.82) is 0 Å². The molecule has 1 heterocycles. The summed E-state index contributed by atoms with van der Waals surface area (Å²) in [6.07, 6.45) is -5.50. The Morgan fingerprint density at radius 1 is 1.10 bits per heavy atom. The predicted octanol–water partition coefficient (Wildman–Crippen LogP) is -0.0344. The third-order valence-corrected chi connectivity index (χ3v) is 2.82. The first-order chi connectivity index (χ1) is 9.75. The van der Waals surface area contributed by atoms with Gasteiger partial charge in [0, 0.05) is 26.2 Å². The van der Waals surface area contributed by atoms with Crippen LogP contribution in [0.1, 0.15) is 6.92 Å². The van der Waals surface area contributed by atoms with Gasteiger partial charge in [-0.1, -0.05) is 0 Å². The van der Waals surface area contributed by atoms with Crippen molar-refractivity contribution < 1.29 is 32.3 Å². The number of rotatable bonds is 3. The third-order valence-electron chi connectivity index (χ3n) is 2.82. The van der Waals surface area contributed by atoms with Gasteiger partial charge in [-0.25, -0.2) is 4.79 Å². The van der Waals surface area contributed by atoms with Gasteiger partial charge in [-0.3, -0.25) is 9.59 Å². The van der Waals surface area contributed by atoms with Gasteiger partial charge in [-0.05, 0) is 6.92 Å². The topological polar surface area (TPSA) is 79.0 Å². The van der Waals surface area contributed by atoms with Gasteiger partial charge in [0.05, 0.1) is 13.2 Å². The number of piperazine rings is 1. The summed E-state index contributed by atoms with van der Waals surface area (Å²) >= 11 is 0. The van der Waals surface area contributed by atoms with E-state index in [1.165, 1.54) is 15.1 Å². The van der Waals surface area contributed by atoms with Crippen molar-refractivity contribution in [3.63, 3.8) is 0 Å². The van der Waals surface area contributed by atoms with Gasteiger partial charge in [0.15, 0.2) is 0 Å². The fraction of sp³-hybridized carbons (Fsp3) is 0.727. The molecule has 3 amide bonds. The van der Waals surface area contributed by atoms with Crippen molar-refractivity contribution >= 4 is 17.9 Å². The molecule has 21 heavy (non-hydrogen) atoms. The Bertz CT molecular complexity index is 406. The van der Waals surface area contributed by atoms with Crippen molar-refractivity contribution in [3.05, 3.63) is 0 Å². The van der Waals surface area contributed by atoms with Crippen LogP contribution in [0.2, 0.25) is 0 Å². The number of nitrogens with zero attached hydrogens (tertiary/aromatic N) is 2. The highest BCUT2D eigenvalue weighted by Crippen LogP contribution is 2.13. The fourth-order valence-corrected chi connectivity index (χ4v) is 1.72. The molecule has 0 aromatic heterocycles. The van der Waals surface area contributed by atoms with E-state index in [1.54, 1.807) is 6.92 Å². The van der Waals surface area contributed by atoms with E-state index in [4.69, 9.17) is 4.74 Å². The molecule has 1 N–H and O–H groups in total. The molecule has 0 aromatic carbocycles. The number of alkyl halides is 3. The van der Waals surface area contributed by atoms with E-state index in [-0.39, 0.29) is 32.8 Å². The quantitative estimate of drug-likeness (QED) is 0.793. The van der Waals surface area contributed by atoms with E-state index in [0.29, 0.717) is 0 Å². The summed E-state index contributed by atoms with van der Waals surface area (Å²) in [5, 5.41) is 1.51. The molecule has 1 fully saturated rings. The van der Waals surface area contributed by atoms with Crippen LogP contribution in [-0.2, 0) is 14.3 Å². The molecule has 120 valence electrons. The Morgan fingerprint density at radius 2 is 1.62 bits per heavy atom. The molecule has 0 atom stereocenters. The second kappa shape index (κ2) is 7.14. The zero-order chi connectivity index (χ0) is 16.0. The van der Waals surface area contributed by atoms with Gasteiger partial charge in [0.25, 0.3) is 0 Å². The van der Waals surface area contributed by atoms with Gasteiger partial charge in [-0.2, -0.15) is 13.2 Å². The summed E-state index contributed by atoms with van der Waals surface area (Å²) in [5.41, 5.74) is 0. The monoisotopic (exact) mass is 311 g/mol. The molecule has 0 aromatic rings. The van der Waals surface area contributed by atoms with Crippen molar-refractivity contribution in [2.75, 3.05) is 39.3 Å². The minimum absolute atomic E-state index is 0.180. The Morgan fingerprint density at radius 3 is 2.10 bits per heavy atom. The molecule has 0 bridgehead atoms. The van der Waals surface area contributed by atoms with Crippen LogP contribution in [0.15, 0.2) is 0 Å². The second-order valence-corrected chi connectivity index (χ2v) is 4.25. The number of carbonyl (C=O) groups excluding carboxylic acids is 3. The largest absolute Gasteiger partial charge is 0.471 e. The Hall–Kier alpha value is -2.00. The number of ether oxygens (including phenoxy) is 1. The molecule has 1 saturated heterocycles. The molecular weight excluding hydrogens is 295 g/mol. The molecule has 0 radical (unpaired) electrons. The number of hydrogen-bond donors (Lipinski definition) is 1. The summed E-state index contributed by atoms with van der Waals surface area (Å²) in [4.78, 5) is 36.3. The SMILES string of the molecule is CCOC(=O)N1CCN(C(=O)CNC(=O)C(F)(F)F)CC1. The molecular formula is C11H16F3N3O4. The fourth-order valence-electron chi connectivity index (χ4n) is 1.72. The first-order valence-electron chi connectivity index (χ1n) is 6.30. The number of halogens is 3. The van der Waals surface area contributed by atoms with Crippen molar-refractivity contribution in [3.8, 4) is 0 Å². The number of amides is 3. The van der Waals surface area contributed by atoms with Crippen molar-refractivity contribution in [2.45, 2.75) is 13.1 Å². The predicted molar refractivity (Wildman–Crippen MR) is 64.2 cm³/mol. The van der Waals surface area contributed by atoms with E-state index >= 15 is 0 Å². The molecule has 7 nitrogen and oxygen atoms in total. The van der Waals surface area contributed by atoms with Gasteiger partial charge < -0.3 is 19.9 Å². The lowest BCUT2D eigenvalue weighted by Gasteiger charge is -2.34. The van der Waals surface area contributed by atoms with Gasteiger partial charge in [0.2, 0.25) is 5.91 Å². The molecule has 0 saturated carbocycles. The van der Waals surface area contributed by atoms with E-state index < -0.39 is 30.6 Å². The number of nitrogens with one attached hydrogen (secondary N) is 1. The summed E-state index contributed by atoms with van der Waals surface area (Å²) in [6, 6.07) is 0. The molecule has 1 aliphatic rings. The Labute approximate surface area is 119 Å². The smallest absolute Gasteiger partial charge is 0.450 e. The minimum Gasteiger partial charge on any atom is -0.450 e. The van der Waals surface area contributed by atoms with Crippen LogP contribution in [0.5, 0.6) is 0 Å². The maximum absolute atomic E-state index is 12.0. The Kier molecular flexibility index (Phi) is 5.79. The normalized spacial score (nSPS) is 15.6. The molecule has 1 rings (SSSR count). The Balaban J connectivity index is 2.35. The average molecular weight is 311 g/mol. The molecule has 0 spiro atoms. The van der Waals surface area contributed by atoms with E-state index in [0.717, 1.165) is 0 Å². The van der Waals surface area contributed by atoms with E-state index in [1.807, 2.05) is 0 Å². The standard InChI is InChI=1S/C11H16F3N3O4/c1-2-21-10(20)17-5-3-16(4-6-17)8(18)7-15-9(19)11(12,13)14/h2-7H2,1H3,(H,15,19). The van der Waals surface area contributed by atoms with Crippen LogP contribution < -0.4 is 5.32 Å². The van der Waals surface area contributed by atoms with Crippen LogP contribution in [-0.4, -0.2) is 73.2 Å². The lowest BCUT2D eigenvalue weighted by molar-refractivity contribution is -0.174. The summed E-state index contributed by atoms with van der Waals surface area (Å²) in [6.45, 7) is 2.01. The number of hydrogen-bond acceptors (Lipinski definition) is 4. The maximum atomic E-state index is 12.0. The molecule has 0 unspecified atom stereocenters. The van der Waals surface area contributed by atoms with E-state index in [9.17, 15) is 27.6 Å². The average Bonchev–Trinajstić information content (AvgIpc) is 2.43. The highest BCUT2D eigenvalue weighted by atomic mass is 19.4. The molecule has 10 heteroatoms. The summed E-state index contributed by atoms with van der Waals surface area (Å²) < 4.78 is 40.7. The van der Waals surface area contributed by atoms with Crippen LogP contribution in [0.3, 0.4) is 0 Å². The summed E-state index contributed by atoms with van der Waals surface area (Å²) in [5.74, 6) is -2.78. The molecule has 0 aliphatic carbocycles. The first-order valence-corrected chi connectivity index (χ1v) is 6.30. The van der Waals surface area contributed by atoms with Gasteiger partial charge in [0.1, 0.15) is 0 Å².